The summed E-state index contributed by atoms with van der Waals surface area (Å²) in [5.74, 6) is 0. The van der Waals surface area contributed by atoms with Crippen molar-refractivity contribution in [2.45, 2.75) is 136 Å². The SMILES string of the molecule is CC1(C)COB(c2cc3cc(B4OC(C)(C)C(C)(C)O4)cc4c5cc(B6OC(C)(C)C(C)(C)O6)cc6cc(B7OC(C)(C)C(C)(C)O7)cc(c(c2)c34)c65)O1. The molecule has 0 saturated carbocycles. The van der Waals surface area contributed by atoms with Gasteiger partial charge in [0.05, 0.1) is 45.8 Å². The van der Waals surface area contributed by atoms with Crippen LogP contribution in [0.3, 0.4) is 0 Å². The molecule has 0 unspecified atom stereocenters. The zero-order chi connectivity index (χ0) is 38.8. The molecule has 0 spiro atoms. The summed E-state index contributed by atoms with van der Waals surface area (Å²) in [6, 6.07) is 17.9. The van der Waals surface area contributed by atoms with E-state index in [1.54, 1.807) is 0 Å². The van der Waals surface area contributed by atoms with E-state index in [-0.39, 0.29) is 0 Å². The van der Waals surface area contributed by atoms with E-state index in [4.69, 9.17) is 37.2 Å². The molecule has 4 heterocycles. The number of benzene rings is 5. The van der Waals surface area contributed by atoms with Gasteiger partial charge in [0, 0.05) is 0 Å². The first kappa shape index (κ1) is 36.9. The van der Waals surface area contributed by atoms with E-state index in [1.165, 1.54) is 0 Å². The molecule has 5 aromatic carbocycles. The Morgan fingerprint density at radius 3 is 0.852 bits per heavy atom. The average molecular weight is 728 g/mol. The lowest BCUT2D eigenvalue weighted by Crippen LogP contribution is -2.41. The van der Waals surface area contributed by atoms with E-state index >= 15 is 0 Å². The van der Waals surface area contributed by atoms with Crippen molar-refractivity contribution in [1.29, 1.82) is 0 Å². The number of fused-ring (bicyclic) bond motifs is 2. The summed E-state index contributed by atoms with van der Waals surface area (Å²) in [5.41, 5.74) is 0.481. The minimum Gasteiger partial charge on any atom is -0.404 e. The molecule has 0 aromatic heterocycles. The maximum Gasteiger partial charge on any atom is 0.494 e. The predicted octanol–water partition coefficient (Wildman–Crippen LogP) is 6.16. The fourth-order valence-electron chi connectivity index (χ4n) is 8.25. The Balaban J connectivity index is 1.35. The smallest absolute Gasteiger partial charge is 0.404 e. The summed E-state index contributed by atoms with van der Waals surface area (Å²) >= 11 is 0. The van der Waals surface area contributed by atoms with E-state index in [2.05, 4.69) is 145 Å². The largest absolute Gasteiger partial charge is 0.494 e. The van der Waals surface area contributed by atoms with Crippen LogP contribution >= 0.6 is 0 Å². The third-order valence-corrected chi connectivity index (χ3v) is 13.6. The molecule has 0 aliphatic carbocycles. The van der Waals surface area contributed by atoms with Crippen molar-refractivity contribution < 1.29 is 37.2 Å². The quantitative estimate of drug-likeness (QED) is 0.124. The molecule has 280 valence electrons. The van der Waals surface area contributed by atoms with Crippen molar-refractivity contribution in [2.75, 3.05) is 6.61 Å². The van der Waals surface area contributed by atoms with Crippen molar-refractivity contribution in [3.8, 4) is 0 Å². The lowest BCUT2D eigenvalue weighted by Gasteiger charge is -2.32. The Kier molecular flexibility index (Phi) is 7.70. The van der Waals surface area contributed by atoms with Gasteiger partial charge in [0.25, 0.3) is 0 Å². The molecule has 12 heteroatoms. The van der Waals surface area contributed by atoms with Crippen molar-refractivity contribution in [3.63, 3.8) is 0 Å². The number of hydrogen-bond acceptors (Lipinski definition) is 8. The Bertz CT molecular complexity index is 2310. The lowest BCUT2D eigenvalue weighted by molar-refractivity contribution is 0.00578. The second-order valence-electron chi connectivity index (χ2n) is 19.8. The van der Waals surface area contributed by atoms with Gasteiger partial charge >= 0.3 is 28.5 Å². The Hall–Kier alpha value is -2.66. The van der Waals surface area contributed by atoms with E-state index < -0.39 is 67.7 Å². The molecule has 0 N–H and O–H groups in total. The fourth-order valence-corrected chi connectivity index (χ4v) is 8.25. The molecule has 54 heavy (non-hydrogen) atoms. The molecule has 0 radical (unpaired) electrons. The average Bonchev–Trinajstić information content (AvgIpc) is 3.68. The highest BCUT2D eigenvalue weighted by atomic mass is 16.7. The molecule has 0 atom stereocenters. The minimum atomic E-state index is -0.551. The third-order valence-electron chi connectivity index (χ3n) is 13.6. The van der Waals surface area contributed by atoms with Crippen LogP contribution in [-0.2, 0) is 37.2 Å². The highest BCUT2D eigenvalue weighted by Crippen LogP contribution is 2.44. The van der Waals surface area contributed by atoms with Crippen LogP contribution in [0.4, 0.5) is 0 Å². The molecule has 5 aromatic rings. The molecule has 8 nitrogen and oxygen atoms in total. The summed E-state index contributed by atoms with van der Waals surface area (Å²) in [4.78, 5) is 0. The molecular weight excluding hydrogens is 676 g/mol. The zero-order valence-corrected chi connectivity index (χ0v) is 34.4. The highest BCUT2D eigenvalue weighted by molar-refractivity contribution is 6.66. The summed E-state index contributed by atoms with van der Waals surface area (Å²) in [7, 11) is -2.15. The van der Waals surface area contributed by atoms with Crippen LogP contribution in [0.2, 0.25) is 0 Å². The second-order valence-corrected chi connectivity index (χ2v) is 19.8. The van der Waals surface area contributed by atoms with Crippen LogP contribution in [0.5, 0.6) is 0 Å². The summed E-state index contributed by atoms with van der Waals surface area (Å²) < 4.78 is 52.8. The van der Waals surface area contributed by atoms with Crippen LogP contribution in [0, 0.1) is 0 Å². The van der Waals surface area contributed by atoms with Gasteiger partial charge in [0.15, 0.2) is 0 Å². The van der Waals surface area contributed by atoms with Gasteiger partial charge in [-0.1, -0.05) is 48.5 Å². The first-order valence-electron chi connectivity index (χ1n) is 19.5. The van der Waals surface area contributed by atoms with Gasteiger partial charge in [-0.15, -0.1) is 0 Å². The molecule has 4 saturated heterocycles. The van der Waals surface area contributed by atoms with Crippen molar-refractivity contribution in [1.82, 2.24) is 0 Å². The fraction of sp³-hybridized carbons (Fsp3) is 0.524. The maximum atomic E-state index is 6.67. The summed E-state index contributed by atoms with van der Waals surface area (Å²) in [6.45, 7) is 29.8. The highest BCUT2D eigenvalue weighted by Gasteiger charge is 2.54. The number of rotatable bonds is 4. The molecule has 0 amide bonds. The standard InChI is InChI=1S/C42H52B4O8/c1-36(2)23-47-43(48-36)26-15-24-16-27(44-49-37(3,4)38(5,6)50-44)21-32-33-22-29(46-53-41(11,12)42(13,14)54-46)18-25-17-28(45-51-39(7,8)40(9,10)52-45)20-31(35(25)33)30(19-26)34(24)32/h15-22H,23H2,1-14H3. The van der Waals surface area contributed by atoms with Crippen LogP contribution in [0.15, 0.2) is 48.5 Å². The van der Waals surface area contributed by atoms with Gasteiger partial charge in [0.1, 0.15) is 0 Å². The Morgan fingerprint density at radius 1 is 0.352 bits per heavy atom. The summed E-state index contributed by atoms with van der Waals surface area (Å²) in [5, 5.41) is 8.81. The molecule has 4 fully saturated rings. The van der Waals surface area contributed by atoms with E-state index in [9.17, 15) is 0 Å². The second kappa shape index (κ2) is 11.3. The minimum absolute atomic E-state index is 0.396. The van der Waals surface area contributed by atoms with Crippen LogP contribution in [0.1, 0.15) is 96.9 Å². The van der Waals surface area contributed by atoms with Crippen LogP contribution in [-0.4, -0.2) is 74.3 Å². The third kappa shape index (κ3) is 5.46. The normalized spacial score (nSPS) is 25.1. The lowest BCUT2D eigenvalue weighted by atomic mass is 9.70. The predicted molar refractivity (Wildman–Crippen MR) is 221 cm³/mol. The van der Waals surface area contributed by atoms with E-state index in [1.807, 2.05) is 0 Å². The van der Waals surface area contributed by atoms with Crippen molar-refractivity contribution in [2.24, 2.45) is 0 Å². The van der Waals surface area contributed by atoms with Gasteiger partial charge in [-0.25, -0.2) is 0 Å². The van der Waals surface area contributed by atoms with Gasteiger partial charge in [-0.05, 0) is 162 Å². The first-order chi connectivity index (χ1) is 24.9. The molecule has 0 bridgehead atoms. The van der Waals surface area contributed by atoms with Gasteiger partial charge in [-0.3, -0.25) is 0 Å². The van der Waals surface area contributed by atoms with Crippen molar-refractivity contribution >= 4 is 93.4 Å². The monoisotopic (exact) mass is 728 g/mol. The molecule has 9 rings (SSSR count). The summed E-state index contributed by atoms with van der Waals surface area (Å²) in [6.07, 6.45) is 0. The topological polar surface area (TPSA) is 73.8 Å². The Labute approximate surface area is 321 Å². The van der Waals surface area contributed by atoms with E-state index in [0.29, 0.717) is 6.61 Å². The zero-order valence-electron chi connectivity index (χ0n) is 34.4. The number of hydrogen-bond donors (Lipinski definition) is 0. The van der Waals surface area contributed by atoms with Gasteiger partial charge in [0.2, 0.25) is 0 Å². The van der Waals surface area contributed by atoms with Crippen LogP contribution < -0.4 is 21.9 Å². The molecular formula is C42H52B4O8. The van der Waals surface area contributed by atoms with Crippen LogP contribution in [0.25, 0.3) is 43.1 Å². The van der Waals surface area contributed by atoms with Gasteiger partial charge < -0.3 is 37.2 Å². The van der Waals surface area contributed by atoms with Gasteiger partial charge in [-0.2, -0.15) is 0 Å². The maximum absolute atomic E-state index is 6.67. The Morgan fingerprint density at radius 2 is 0.611 bits per heavy atom. The molecule has 4 aliphatic rings. The van der Waals surface area contributed by atoms with Crippen molar-refractivity contribution in [3.05, 3.63) is 48.5 Å². The molecule has 4 aliphatic heterocycles. The van der Waals surface area contributed by atoms with E-state index in [0.717, 1.165) is 64.9 Å². The first-order valence-corrected chi connectivity index (χ1v) is 19.5.